The van der Waals surface area contributed by atoms with Gasteiger partial charge in [-0.05, 0) is 119 Å². The Hall–Kier alpha value is -3.50. The molecular formula is C39H46BBrCl2N8O4. The van der Waals surface area contributed by atoms with Crippen LogP contribution in [0.2, 0.25) is 10.3 Å². The molecular weight excluding hydrogens is 806 g/mol. The molecule has 2 atom stereocenters. The van der Waals surface area contributed by atoms with E-state index in [0.29, 0.717) is 10.3 Å². The second-order valence-corrected chi connectivity index (χ2v) is 16.1. The SMILES string of the molecule is C.CC1(C)OB(c2cnn(C3CCCCO3)c2)OC1(C)C.Clc1ccc2ncc(-c3cnn(C4CCCCO4)c3)cc2n1.Clc1ccc2ncc(Br)cc2n1. The Balaban J connectivity index is 0.000000145. The number of hydrogen-bond donors (Lipinski definition) is 0. The number of pyridine rings is 4. The fourth-order valence-electron chi connectivity index (χ4n) is 6.22. The maximum atomic E-state index is 6.03. The zero-order valence-electron chi connectivity index (χ0n) is 30.7. The van der Waals surface area contributed by atoms with E-state index in [0.717, 1.165) is 82.0 Å². The van der Waals surface area contributed by atoms with Crippen molar-refractivity contribution in [3.63, 3.8) is 0 Å². The Bertz CT molecular complexity index is 2150. The highest BCUT2D eigenvalue weighted by molar-refractivity contribution is 9.10. The van der Waals surface area contributed by atoms with Crippen LogP contribution in [-0.2, 0) is 18.8 Å². The Morgan fingerprint density at radius 3 is 1.80 bits per heavy atom. The van der Waals surface area contributed by atoms with E-state index >= 15 is 0 Å². The predicted octanol–water partition coefficient (Wildman–Crippen LogP) is 9.41. The van der Waals surface area contributed by atoms with E-state index in [1.165, 1.54) is 12.8 Å². The smallest absolute Gasteiger partial charge is 0.399 e. The van der Waals surface area contributed by atoms with Crippen LogP contribution in [0, 0.1) is 0 Å². The van der Waals surface area contributed by atoms with Gasteiger partial charge in [0, 0.05) is 65.3 Å². The van der Waals surface area contributed by atoms with Crippen molar-refractivity contribution in [3.8, 4) is 11.1 Å². The molecule has 0 spiro atoms. The number of halogens is 3. The molecule has 0 N–H and O–H groups in total. The summed E-state index contributed by atoms with van der Waals surface area (Å²) in [6.45, 7) is 9.85. The van der Waals surface area contributed by atoms with E-state index in [-0.39, 0.29) is 38.2 Å². The molecule has 9 rings (SSSR count). The van der Waals surface area contributed by atoms with Gasteiger partial charge in [-0.2, -0.15) is 10.2 Å². The summed E-state index contributed by atoms with van der Waals surface area (Å²) in [5.41, 5.74) is 5.57. The normalized spacial score (nSPS) is 20.2. The van der Waals surface area contributed by atoms with Gasteiger partial charge in [-0.3, -0.25) is 9.97 Å². The van der Waals surface area contributed by atoms with Gasteiger partial charge in [0.15, 0.2) is 0 Å². The van der Waals surface area contributed by atoms with E-state index in [1.807, 2.05) is 64.6 Å². The summed E-state index contributed by atoms with van der Waals surface area (Å²) in [6, 6.07) is 11.1. The van der Waals surface area contributed by atoms with E-state index in [2.05, 4.69) is 73.8 Å². The minimum absolute atomic E-state index is 0. The molecule has 6 aromatic rings. The summed E-state index contributed by atoms with van der Waals surface area (Å²) in [5.74, 6) is 0. The van der Waals surface area contributed by atoms with Crippen LogP contribution >= 0.6 is 39.1 Å². The Kier molecular flexibility index (Phi) is 13.3. The van der Waals surface area contributed by atoms with Gasteiger partial charge in [-0.25, -0.2) is 19.3 Å². The molecule has 3 fully saturated rings. The second kappa shape index (κ2) is 17.8. The zero-order valence-corrected chi connectivity index (χ0v) is 33.8. The molecule has 3 aliphatic rings. The van der Waals surface area contributed by atoms with Crippen LogP contribution in [0.5, 0.6) is 0 Å². The molecule has 0 radical (unpaired) electrons. The first kappa shape index (κ1) is 41.1. The molecule has 9 heterocycles. The largest absolute Gasteiger partial charge is 0.498 e. The van der Waals surface area contributed by atoms with Gasteiger partial charge >= 0.3 is 7.12 Å². The van der Waals surface area contributed by atoms with Crippen LogP contribution in [0.1, 0.15) is 86.1 Å². The van der Waals surface area contributed by atoms with E-state index in [9.17, 15) is 0 Å². The standard InChI is InChI=1S/C16H15ClN4O.C14H23BN2O3.C8H4BrClN2.CH4/c17-15-5-4-13-14(20-15)7-11(8-18-13)12-9-19-21(10-12)16-3-1-2-6-22-16;1-13(2)14(3,4)20-15(19-13)11-9-16-17(10-11)12-7-5-6-8-18-12;9-5-3-7-6(11-4-5)1-2-8(10)12-7;/h4-5,7-10,16H,1-3,6H2;9-10,12H,5-8H2,1-4H3;1-4H;1H4. The summed E-state index contributed by atoms with van der Waals surface area (Å²) >= 11 is 15.0. The molecule has 0 bridgehead atoms. The van der Waals surface area contributed by atoms with Crippen molar-refractivity contribution in [1.29, 1.82) is 0 Å². The van der Waals surface area contributed by atoms with E-state index < -0.39 is 0 Å². The number of aromatic nitrogens is 8. The molecule has 0 aromatic carbocycles. The third-order valence-electron chi connectivity index (χ3n) is 9.96. The number of ether oxygens (including phenoxy) is 2. The van der Waals surface area contributed by atoms with Crippen molar-refractivity contribution >= 4 is 73.8 Å². The van der Waals surface area contributed by atoms with Gasteiger partial charge in [0.1, 0.15) is 22.8 Å². The highest BCUT2D eigenvalue weighted by Gasteiger charge is 2.52. The van der Waals surface area contributed by atoms with Crippen molar-refractivity contribution in [1.82, 2.24) is 39.5 Å². The average Bonchev–Trinajstić information content (AvgIpc) is 3.91. The van der Waals surface area contributed by atoms with Crippen LogP contribution < -0.4 is 5.46 Å². The van der Waals surface area contributed by atoms with Crippen molar-refractivity contribution in [3.05, 3.63) is 88.4 Å². The first-order valence-corrected chi connectivity index (χ1v) is 19.7. The third kappa shape index (κ3) is 9.91. The van der Waals surface area contributed by atoms with Gasteiger partial charge in [0.2, 0.25) is 0 Å². The maximum absolute atomic E-state index is 6.03. The molecule has 12 nitrogen and oxygen atoms in total. The quantitative estimate of drug-likeness (QED) is 0.125. The molecule has 55 heavy (non-hydrogen) atoms. The van der Waals surface area contributed by atoms with Crippen LogP contribution in [0.3, 0.4) is 0 Å². The summed E-state index contributed by atoms with van der Waals surface area (Å²) in [5, 5.41) is 9.80. The van der Waals surface area contributed by atoms with Gasteiger partial charge in [0.25, 0.3) is 0 Å². The molecule has 16 heteroatoms. The predicted molar refractivity (Wildman–Crippen MR) is 220 cm³/mol. The topological polar surface area (TPSA) is 124 Å². The Morgan fingerprint density at radius 2 is 1.22 bits per heavy atom. The van der Waals surface area contributed by atoms with Gasteiger partial charge in [-0.15, -0.1) is 0 Å². The van der Waals surface area contributed by atoms with Gasteiger partial charge in [-0.1, -0.05) is 30.6 Å². The van der Waals surface area contributed by atoms with E-state index in [4.69, 9.17) is 42.0 Å². The first-order valence-electron chi connectivity index (χ1n) is 18.1. The van der Waals surface area contributed by atoms with Crippen molar-refractivity contribution in [2.24, 2.45) is 0 Å². The lowest BCUT2D eigenvalue weighted by molar-refractivity contribution is -0.0395. The molecule has 290 valence electrons. The lowest BCUT2D eigenvalue weighted by atomic mass is 9.82. The minimum atomic E-state index is -0.350. The number of rotatable bonds is 4. The van der Waals surface area contributed by atoms with Gasteiger partial charge < -0.3 is 18.8 Å². The zero-order chi connectivity index (χ0) is 37.9. The number of fused-ring (bicyclic) bond motifs is 2. The monoisotopic (exact) mass is 850 g/mol. The summed E-state index contributed by atoms with van der Waals surface area (Å²) in [4.78, 5) is 17.0. The fourth-order valence-corrected chi connectivity index (χ4v) is 6.84. The summed E-state index contributed by atoms with van der Waals surface area (Å²) < 4.78 is 28.3. The fraction of sp³-hybridized carbons (Fsp3) is 0.436. The van der Waals surface area contributed by atoms with Crippen LogP contribution in [0.15, 0.2) is 78.1 Å². The third-order valence-corrected chi connectivity index (χ3v) is 10.8. The molecule has 0 aliphatic carbocycles. The highest BCUT2D eigenvalue weighted by Crippen LogP contribution is 2.36. The number of nitrogens with zero attached hydrogens (tertiary/aromatic N) is 8. The van der Waals surface area contributed by atoms with Gasteiger partial charge in [0.05, 0.1) is 39.5 Å². The van der Waals surface area contributed by atoms with Crippen molar-refractivity contribution < 1.29 is 18.8 Å². The highest BCUT2D eigenvalue weighted by atomic mass is 79.9. The Labute approximate surface area is 340 Å². The van der Waals surface area contributed by atoms with Crippen LogP contribution in [-0.4, -0.2) is 71.0 Å². The lowest BCUT2D eigenvalue weighted by Crippen LogP contribution is -2.41. The molecule has 2 unspecified atom stereocenters. The lowest BCUT2D eigenvalue weighted by Gasteiger charge is -2.32. The maximum Gasteiger partial charge on any atom is 0.498 e. The van der Waals surface area contributed by atoms with Crippen molar-refractivity contribution in [2.45, 2.75) is 97.3 Å². The number of hydrogen-bond acceptors (Lipinski definition) is 10. The van der Waals surface area contributed by atoms with Crippen molar-refractivity contribution in [2.75, 3.05) is 13.2 Å². The molecule has 0 saturated carbocycles. The molecule has 3 saturated heterocycles. The summed E-state index contributed by atoms with van der Waals surface area (Å²) in [7, 11) is -0.350. The summed E-state index contributed by atoms with van der Waals surface area (Å²) in [6.07, 6.45) is 18.0. The van der Waals surface area contributed by atoms with Crippen LogP contribution in [0.25, 0.3) is 33.2 Å². The van der Waals surface area contributed by atoms with E-state index in [1.54, 1.807) is 18.3 Å². The molecule has 3 aliphatic heterocycles. The molecule has 6 aromatic heterocycles. The van der Waals surface area contributed by atoms with Crippen LogP contribution in [0.4, 0.5) is 0 Å². The minimum Gasteiger partial charge on any atom is -0.399 e. The first-order chi connectivity index (χ1) is 25.9. The molecule has 0 amide bonds. The second-order valence-electron chi connectivity index (χ2n) is 14.4. The average molecular weight is 852 g/mol. The Morgan fingerprint density at radius 1 is 0.673 bits per heavy atom.